The number of Topliss-reactive ketones (excluding diaryl/α,β-unsaturated/α-hetero) is 1. The Kier molecular flexibility index (Phi) is 5.33. The highest BCUT2D eigenvalue weighted by atomic mass is 19.2. The molecule has 2 aromatic rings. The minimum absolute atomic E-state index is 0.142. The van der Waals surface area contributed by atoms with Crippen LogP contribution in [0.15, 0.2) is 48.0 Å². The smallest absolute Gasteiger partial charge is 0.269 e. The Bertz CT molecular complexity index is 877. The lowest BCUT2D eigenvalue weighted by molar-refractivity contribution is -0.384. The van der Waals surface area contributed by atoms with Crippen LogP contribution < -0.4 is 5.32 Å². The van der Waals surface area contributed by atoms with Crippen LogP contribution >= 0.6 is 0 Å². The lowest BCUT2D eigenvalue weighted by Gasteiger charge is -2.07. The van der Waals surface area contributed by atoms with Crippen LogP contribution in [0, 0.1) is 21.7 Å². The van der Waals surface area contributed by atoms with Gasteiger partial charge < -0.3 is 5.32 Å². The summed E-state index contributed by atoms with van der Waals surface area (Å²) in [6, 6.07) is 7.98. The molecule has 2 aromatic carbocycles. The van der Waals surface area contributed by atoms with Crippen molar-refractivity contribution < 1.29 is 23.3 Å². The number of halogens is 2. The van der Waals surface area contributed by atoms with Gasteiger partial charge in [0.05, 0.1) is 10.5 Å². The van der Waals surface area contributed by atoms with E-state index in [9.17, 15) is 28.5 Å². The molecule has 6 nitrogen and oxygen atoms in total. The van der Waals surface area contributed by atoms with Crippen LogP contribution in [-0.4, -0.2) is 16.6 Å². The van der Waals surface area contributed by atoms with Crippen molar-refractivity contribution >= 4 is 29.1 Å². The summed E-state index contributed by atoms with van der Waals surface area (Å²) in [5.41, 5.74) is -0.0394. The second kappa shape index (κ2) is 7.43. The van der Waals surface area contributed by atoms with E-state index in [0.29, 0.717) is 0 Å². The minimum atomic E-state index is -1.10. The number of nitro groups is 1. The summed E-state index contributed by atoms with van der Waals surface area (Å²) in [7, 11) is 0. The highest BCUT2D eigenvalue weighted by Crippen LogP contribution is 2.18. The molecule has 1 amide bonds. The van der Waals surface area contributed by atoms with Crippen molar-refractivity contribution in [3.8, 4) is 0 Å². The zero-order chi connectivity index (χ0) is 18.6. The molecule has 0 heterocycles. The molecule has 0 atom stereocenters. The summed E-state index contributed by atoms with van der Waals surface area (Å²) in [5.74, 6) is -3.50. The van der Waals surface area contributed by atoms with E-state index in [1.165, 1.54) is 30.3 Å². The van der Waals surface area contributed by atoms with Gasteiger partial charge in [0, 0.05) is 17.8 Å². The first-order chi connectivity index (χ1) is 11.8. The maximum absolute atomic E-state index is 13.2. The van der Waals surface area contributed by atoms with Crippen molar-refractivity contribution in [2.75, 3.05) is 5.32 Å². The van der Waals surface area contributed by atoms with Crippen molar-refractivity contribution in [2.45, 2.75) is 6.92 Å². The number of carbonyl (C=O) groups excluding carboxylic acids is 2. The molecular weight excluding hydrogens is 334 g/mol. The van der Waals surface area contributed by atoms with Crippen LogP contribution in [0.5, 0.6) is 0 Å². The minimum Gasteiger partial charge on any atom is -0.322 e. The SMILES string of the molecule is CC(=O)/C(=C\c1ccc(F)c(F)c1)C(=O)Nc1ccc([N+](=O)[O-])cc1. The number of non-ortho nitro benzene ring substituents is 1. The second-order valence-electron chi connectivity index (χ2n) is 5.05. The molecule has 0 bridgehead atoms. The zero-order valence-corrected chi connectivity index (χ0v) is 13.0. The van der Waals surface area contributed by atoms with Crippen molar-refractivity contribution in [2.24, 2.45) is 0 Å². The molecule has 0 unspecified atom stereocenters. The molecule has 0 radical (unpaired) electrons. The number of rotatable bonds is 5. The highest BCUT2D eigenvalue weighted by Gasteiger charge is 2.16. The number of hydrogen-bond donors (Lipinski definition) is 1. The third-order valence-corrected chi connectivity index (χ3v) is 3.21. The molecule has 128 valence electrons. The van der Waals surface area contributed by atoms with Gasteiger partial charge in [0.1, 0.15) is 0 Å². The molecule has 0 saturated heterocycles. The number of carbonyl (C=O) groups is 2. The third kappa shape index (κ3) is 4.54. The molecule has 0 aliphatic carbocycles. The number of nitro benzene ring substituents is 1. The van der Waals surface area contributed by atoms with Crippen LogP contribution in [0.25, 0.3) is 6.08 Å². The zero-order valence-electron chi connectivity index (χ0n) is 13.0. The molecule has 0 saturated carbocycles. The fraction of sp³-hybridized carbons (Fsp3) is 0.0588. The summed E-state index contributed by atoms with van der Waals surface area (Å²) >= 11 is 0. The Morgan fingerprint density at radius 3 is 2.24 bits per heavy atom. The van der Waals surface area contributed by atoms with Crippen molar-refractivity contribution in [1.82, 2.24) is 0 Å². The molecule has 25 heavy (non-hydrogen) atoms. The Labute approximate surface area is 140 Å². The molecule has 2 rings (SSSR count). The average molecular weight is 346 g/mol. The number of anilines is 1. The third-order valence-electron chi connectivity index (χ3n) is 3.21. The Morgan fingerprint density at radius 2 is 1.72 bits per heavy atom. The van der Waals surface area contributed by atoms with E-state index in [4.69, 9.17) is 0 Å². The molecule has 0 fully saturated rings. The lowest BCUT2D eigenvalue weighted by Crippen LogP contribution is -2.18. The maximum Gasteiger partial charge on any atom is 0.269 e. The van der Waals surface area contributed by atoms with Gasteiger partial charge in [0.15, 0.2) is 17.4 Å². The number of nitrogens with one attached hydrogen (secondary N) is 1. The number of ketones is 1. The topological polar surface area (TPSA) is 89.3 Å². The van der Waals surface area contributed by atoms with E-state index in [0.717, 1.165) is 25.1 Å². The van der Waals surface area contributed by atoms with E-state index in [1.807, 2.05) is 0 Å². The molecule has 0 aliphatic rings. The van der Waals surface area contributed by atoms with Gasteiger partial charge in [-0.25, -0.2) is 8.78 Å². The fourth-order valence-electron chi connectivity index (χ4n) is 1.96. The summed E-state index contributed by atoms with van der Waals surface area (Å²) in [5, 5.41) is 13.0. The van der Waals surface area contributed by atoms with Crippen molar-refractivity contribution in [3.05, 3.63) is 75.3 Å². The predicted octanol–water partition coefficient (Wildman–Crippen LogP) is 3.48. The highest BCUT2D eigenvalue weighted by molar-refractivity contribution is 6.25. The van der Waals surface area contributed by atoms with Gasteiger partial charge in [-0.3, -0.25) is 19.7 Å². The van der Waals surface area contributed by atoms with Crippen LogP contribution in [0.3, 0.4) is 0 Å². The van der Waals surface area contributed by atoms with Gasteiger partial charge >= 0.3 is 0 Å². The number of benzene rings is 2. The normalized spacial score (nSPS) is 11.1. The van der Waals surface area contributed by atoms with Gasteiger partial charge in [0.2, 0.25) is 0 Å². The Balaban J connectivity index is 2.25. The molecule has 8 heteroatoms. The maximum atomic E-state index is 13.2. The summed E-state index contributed by atoms with van der Waals surface area (Å²) < 4.78 is 26.2. The molecule has 0 aromatic heterocycles. The van der Waals surface area contributed by atoms with Gasteiger partial charge in [-0.2, -0.15) is 0 Å². The second-order valence-corrected chi connectivity index (χ2v) is 5.05. The van der Waals surface area contributed by atoms with Crippen LogP contribution in [0.2, 0.25) is 0 Å². The molecular formula is C17H12F2N2O4. The largest absolute Gasteiger partial charge is 0.322 e. The lowest BCUT2D eigenvalue weighted by atomic mass is 10.1. The van der Waals surface area contributed by atoms with Crippen LogP contribution in [0.1, 0.15) is 12.5 Å². The van der Waals surface area contributed by atoms with Crippen molar-refractivity contribution in [3.63, 3.8) is 0 Å². The van der Waals surface area contributed by atoms with Gasteiger partial charge in [0.25, 0.3) is 11.6 Å². The Morgan fingerprint density at radius 1 is 1.08 bits per heavy atom. The van der Waals surface area contributed by atoms with E-state index >= 15 is 0 Å². The molecule has 1 N–H and O–H groups in total. The quantitative estimate of drug-likeness (QED) is 0.295. The monoisotopic (exact) mass is 346 g/mol. The fourth-order valence-corrected chi connectivity index (χ4v) is 1.96. The molecule has 0 spiro atoms. The van der Waals surface area contributed by atoms with E-state index in [-0.39, 0.29) is 22.5 Å². The first kappa shape index (κ1) is 17.9. The number of nitrogens with zero attached hydrogens (tertiary/aromatic N) is 1. The summed E-state index contributed by atoms with van der Waals surface area (Å²) in [6.45, 7) is 1.15. The van der Waals surface area contributed by atoms with Gasteiger partial charge in [-0.05, 0) is 42.8 Å². The summed E-state index contributed by atoms with van der Waals surface area (Å²) in [6.07, 6.45) is 1.13. The van der Waals surface area contributed by atoms with E-state index in [2.05, 4.69) is 5.32 Å². The van der Waals surface area contributed by atoms with Gasteiger partial charge in [-0.15, -0.1) is 0 Å². The number of hydrogen-bond acceptors (Lipinski definition) is 4. The predicted molar refractivity (Wildman–Crippen MR) is 86.7 cm³/mol. The average Bonchev–Trinajstić information content (AvgIpc) is 2.55. The first-order valence-electron chi connectivity index (χ1n) is 7.01. The first-order valence-corrected chi connectivity index (χ1v) is 7.01. The van der Waals surface area contributed by atoms with E-state index < -0.39 is 28.2 Å². The Hall–Kier alpha value is -3.42. The van der Waals surface area contributed by atoms with Crippen LogP contribution in [-0.2, 0) is 9.59 Å². The van der Waals surface area contributed by atoms with Crippen molar-refractivity contribution in [1.29, 1.82) is 0 Å². The standard InChI is InChI=1S/C17H12F2N2O4/c1-10(22)14(8-11-2-7-15(18)16(19)9-11)17(23)20-12-3-5-13(6-4-12)21(24)25/h2-9H,1H3,(H,20,23)/b14-8+. The van der Waals surface area contributed by atoms with E-state index in [1.54, 1.807) is 0 Å². The summed E-state index contributed by atoms with van der Waals surface area (Å²) in [4.78, 5) is 33.9. The number of amides is 1. The van der Waals surface area contributed by atoms with Gasteiger partial charge in [-0.1, -0.05) is 6.07 Å². The molecule has 0 aliphatic heterocycles. The van der Waals surface area contributed by atoms with Crippen LogP contribution in [0.4, 0.5) is 20.2 Å².